The Morgan fingerprint density at radius 3 is 2.71 bits per heavy atom. The lowest BCUT2D eigenvalue weighted by molar-refractivity contribution is -0.130. The van der Waals surface area contributed by atoms with Crippen LogP contribution in [0.3, 0.4) is 0 Å². The lowest BCUT2D eigenvalue weighted by Crippen LogP contribution is -2.46. The number of carbonyl (C=O) groups is 1. The molecule has 0 aromatic heterocycles. The van der Waals surface area contributed by atoms with Crippen molar-refractivity contribution in [3.8, 4) is 0 Å². The summed E-state index contributed by atoms with van der Waals surface area (Å²) in [4.78, 5) is 11.1. The number of carbonyl (C=O) groups excluding carboxylic acids is 1. The van der Waals surface area contributed by atoms with Crippen LogP contribution in [-0.2, 0) is 4.79 Å². The number of halogens is 1. The molecule has 84 valence electrons. The average molecular weight is 223 g/mol. The summed E-state index contributed by atoms with van der Waals surface area (Å²) in [7, 11) is 0. The molecule has 2 atom stereocenters. The second kappa shape index (κ2) is 8.99. The fraction of sp³-hybridized carbons (Fsp3) is 0.667. The maximum atomic E-state index is 11.1. The molecule has 14 heavy (non-hydrogen) atoms. The summed E-state index contributed by atoms with van der Waals surface area (Å²) < 4.78 is 0. The van der Waals surface area contributed by atoms with Gasteiger partial charge in [0.1, 0.15) is 6.10 Å². The molecule has 2 unspecified atom stereocenters. The van der Waals surface area contributed by atoms with Crippen molar-refractivity contribution in [1.82, 2.24) is 5.32 Å². The van der Waals surface area contributed by atoms with Crippen LogP contribution in [0, 0.1) is 0 Å². The lowest BCUT2D eigenvalue weighted by atomic mass is 10.1. The second-order valence-corrected chi connectivity index (χ2v) is 2.93. The molecule has 1 amide bonds. The normalized spacial score (nSPS) is 13.6. The first-order chi connectivity index (χ1) is 6.13. The minimum Gasteiger partial charge on any atom is -0.382 e. The maximum Gasteiger partial charge on any atom is 0.250 e. The van der Waals surface area contributed by atoms with Crippen molar-refractivity contribution in [2.45, 2.75) is 31.9 Å². The lowest BCUT2D eigenvalue weighted by Gasteiger charge is -2.16. The van der Waals surface area contributed by atoms with Crippen LogP contribution < -0.4 is 11.1 Å². The summed E-state index contributed by atoms with van der Waals surface area (Å²) in [5.74, 6) is -0.430. The number of nitrogens with two attached hydrogens (primary N) is 1. The first kappa shape index (κ1) is 15.9. The quantitative estimate of drug-likeness (QED) is 0.562. The Kier molecular flexibility index (Phi) is 10.2. The highest BCUT2D eigenvalue weighted by atomic mass is 35.5. The summed E-state index contributed by atoms with van der Waals surface area (Å²) in [6.45, 7) is 5.75. The molecule has 0 aromatic carbocycles. The van der Waals surface area contributed by atoms with Gasteiger partial charge in [-0.1, -0.05) is 19.4 Å². The fourth-order valence-corrected chi connectivity index (χ4v) is 0.963. The van der Waals surface area contributed by atoms with Crippen molar-refractivity contribution in [2.75, 3.05) is 6.54 Å². The van der Waals surface area contributed by atoms with Crippen LogP contribution in [0.4, 0.5) is 0 Å². The number of aliphatic hydroxyl groups excluding tert-OH is 1. The van der Waals surface area contributed by atoms with Crippen molar-refractivity contribution < 1.29 is 9.90 Å². The predicted octanol–water partition coefficient (Wildman–Crippen LogP) is 0.199. The van der Waals surface area contributed by atoms with Gasteiger partial charge in [-0.2, -0.15) is 0 Å². The van der Waals surface area contributed by atoms with E-state index < -0.39 is 18.1 Å². The first-order valence-electron chi connectivity index (χ1n) is 4.45. The van der Waals surface area contributed by atoms with Crippen LogP contribution in [0.1, 0.15) is 19.8 Å². The number of amides is 1. The Hall–Kier alpha value is -0.580. The smallest absolute Gasteiger partial charge is 0.250 e. The molecule has 0 aliphatic heterocycles. The predicted molar refractivity (Wildman–Crippen MR) is 59.3 cm³/mol. The Morgan fingerprint density at radius 2 is 2.29 bits per heavy atom. The second-order valence-electron chi connectivity index (χ2n) is 2.93. The van der Waals surface area contributed by atoms with E-state index in [1.807, 2.05) is 6.92 Å². The van der Waals surface area contributed by atoms with Gasteiger partial charge >= 0.3 is 0 Å². The van der Waals surface area contributed by atoms with Gasteiger partial charge in [-0.3, -0.25) is 4.79 Å². The van der Waals surface area contributed by atoms with Crippen molar-refractivity contribution in [3.05, 3.63) is 12.7 Å². The molecule has 0 aromatic rings. The topological polar surface area (TPSA) is 75.3 Å². The molecule has 5 heteroatoms. The number of rotatable bonds is 6. The molecule has 4 nitrogen and oxygen atoms in total. The highest BCUT2D eigenvalue weighted by Crippen LogP contribution is 1.99. The largest absolute Gasteiger partial charge is 0.382 e. The molecule has 0 radical (unpaired) electrons. The molecule has 0 bridgehead atoms. The molecule has 0 rings (SSSR count). The third-order valence-electron chi connectivity index (χ3n) is 1.72. The van der Waals surface area contributed by atoms with Crippen molar-refractivity contribution in [1.29, 1.82) is 0 Å². The van der Waals surface area contributed by atoms with Crippen LogP contribution in [0.2, 0.25) is 0 Å². The molecule has 0 heterocycles. The van der Waals surface area contributed by atoms with E-state index in [2.05, 4.69) is 11.9 Å². The molecule has 0 aliphatic rings. The van der Waals surface area contributed by atoms with Gasteiger partial charge in [0.05, 0.1) is 0 Å². The van der Waals surface area contributed by atoms with Crippen LogP contribution in [0.5, 0.6) is 0 Å². The van der Waals surface area contributed by atoms with E-state index in [0.717, 1.165) is 6.42 Å². The van der Waals surface area contributed by atoms with Crippen LogP contribution in [0.15, 0.2) is 12.7 Å². The van der Waals surface area contributed by atoms with Crippen molar-refractivity contribution in [3.63, 3.8) is 0 Å². The minimum atomic E-state index is -1.11. The molecule has 0 spiro atoms. The van der Waals surface area contributed by atoms with Gasteiger partial charge in [0.15, 0.2) is 0 Å². The Bertz CT molecular complexity index is 176. The minimum absolute atomic E-state index is 0. The van der Waals surface area contributed by atoms with Crippen molar-refractivity contribution >= 4 is 18.3 Å². The zero-order valence-electron chi connectivity index (χ0n) is 8.40. The fourth-order valence-electron chi connectivity index (χ4n) is 0.963. The van der Waals surface area contributed by atoms with Crippen molar-refractivity contribution in [2.24, 2.45) is 5.73 Å². The molecule has 0 aliphatic carbocycles. The van der Waals surface area contributed by atoms with E-state index in [4.69, 9.17) is 5.73 Å². The zero-order valence-corrected chi connectivity index (χ0v) is 9.22. The standard InChI is InChI=1S/C9H18N2O2.ClH/c1-3-5-7(10)8(12)9(13)11-6-4-2;/h4,7-8,12H,2-3,5-6,10H2,1H3,(H,11,13);1H. The Balaban J connectivity index is 0. The van der Waals surface area contributed by atoms with Gasteiger partial charge < -0.3 is 16.2 Å². The number of hydrogen-bond donors (Lipinski definition) is 3. The van der Waals surface area contributed by atoms with Gasteiger partial charge in [0.2, 0.25) is 0 Å². The van der Waals surface area contributed by atoms with E-state index in [0.29, 0.717) is 13.0 Å². The molecular formula is C9H19ClN2O2. The number of aliphatic hydroxyl groups is 1. The summed E-state index contributed by atoms with van der Waals surface area (Å²) in [6, 6.07) is -0.477. The monoisotopic (exact) mass is 222 g/mol. The van der Waals surface area contributed by atoms with Gasteiger partial charge in [0.25, 0.3) is 5.91 Å². The highest BCUT2D eigenvalue weighted by molar-refractivity contribution is 5.85. The van der Waals surface area contributed by atoms with Crippen LogP contribution >= 0.6 is 12.4 Å². The molecular weight excluding hydrogens is 204 g/mol. The Morgan fingerprint density at radius 1 is 1.71 bits per heavy atom. The van der Waals surface area contributed by atoms with Gasteiger partial charge in [-0.05, 0) is 6.42 Å². The van der Waals surface area contributed by atoms with E-state index in [-0.39, 0.29) is 12.4 Å². The van der Waals surface area contributed by atoms with E-state index >= 15 is 0 Å². The molecule has 0 saturated carbocycles. The molecule has 4 N–H and O–H groups in total. The van der Waals surface area contributed by atoms with E-state index in [1.165, 1.54) is 0 Å². The van der Waals surface area contributed by atoms with E-state index in [9.17, 15) is 9.90 Å². The summed E-state index contributed by atoms with van der Waals surface area (Å²) >= 11 is 0. The summed E-state index contributed by atoms with van der Waals surface area (Å²) in [5.41, 5.74) is 5.56. The highest BCUT2D eigenvalue weighted by Gasteiger charge is 2.20. The van der Waals surface area contributed by atoms with Gasteiger partial charge in [0, 0.05) is 12.6 Å². The van der Waals surface area contributed by atoms with Crippen LogP contribution in [0.25, 0.3) is 0 Å². The third kappa shape index (κ3) is 5.96. The number of nitrogens with one attached hydrogen (secondary N) is 1. The van der Waals surface area contributed by atoms with Gasteiger partial charge in [-0.15, -0.1) is 19.0 Å². The molecule has 0 saturated heterocycles. The van der Waals surface area contributed by atoms with E-state index in [1.54, 1.807) is 6.08 Å². The maximum absolute atomic E-state index is 11.1. The summed E-state index contributed by atoms with van der Waals surface area (Å²) in [6.07, 6.45) is 1.94. The van der Waals surface area contributed by atoms with Gasteiger partial charge in [-0.25, -0.2) is 0 Å². The zero-order chi connectivity index (χ0) is 10.3. The molecule has 0 fully saturated rings. The SMILES string of the molecule is C=CCNC(=O)C(O)C(N)CCC.Cl. The number of hydrogen-bond acceptors (Lipinski definition) is 3. The third-order valence-corrected chi connectivity index (χ3v) is 1.72. The summed E-state index contributed by atoms with van der Waals surface area (Å²) in [5, 5.41) is 11.9. The Labute approximate surface area is 91.0 Å². The van der Waals surface area contributed by atoms with Crippen LogP contribution in [-0.4, -0.2) is 29.7 Å². The average Bonchev–Trinajstić information content (AvgIpc) is 2.13. The first-order valence-corrected chi connectivity index (χ1v) is 4.45.